The maximum absolute atomic E-state index is 8.95. The van der Waals surface area contributed by atoms with E-state index in [-0.39, 0.29) is 6.10 Å². The Hall–Kier alpha value is -1.86. The summed E-state index contributed by atoms with van der Waals surface area (Å²) < 4.78 is 7.82. The Bertz CT molecular complexity index is 620. The lowest BCUT2D eigenvalue weighted by Gasteiger charge is -2.14. The van der Waals surface area contributed by atoms with Gasteiger partial charge < -0.3 is 9.30 Å². The molecule has 0 amide bonds. The topological polar surface area (TPSA) is 50.8 Å². The van der Waals surface area contributed by atoms with Gasteiger partial charge in [-0.2, -0.15) is 5.26 Å². The minimum atomic E-state index is 0.176. The van der Waals surface area contributed by atoms with Gasteiger partial charge in [-0.15, -0.1) is 0 Å². The molecule has 0 aliphatic rings. The normalized spacial score (nSPS) is 11.4. The lowest BCUT2D eigenvalue weighted by molar-refractivity contribution is 0.0592. The Morgan fingerprint density at radius 3 is 2.63 bits per heavy atom. The highest BCUT2D eigenvalue weighted by Gasteiger charge is 2.14. The summed E-state index contributed by atoms with van der Waals surface area (Å²) in [5.74, 6) is 0.911. The van der Waals surface area contributed by atoms with Crippen LogP contribution in [0.1, 0.15) is 45.1 Å². The second-order valence-electron chi connectivity index (χ2n) is 5.17. The fourth-order valence-corrected chi connectivity index (χ4v) is 2.14. The van der Waals surface area contributed by atoms with Gasteiger partial charge in [-0.25, -0.2) is 4.98 Å². The molecule has 1 aromatic heterocycles. The van der Waals surface area contributed by atoms with Crippen molar-refractivity contribution in [3.8, 4) is 6.07 Å². The zero-order valence-electron chi connectivity index (χ0n) is 11.8. The fourth-order valence-electron chi connectivity index (χ4n) is 2.14. The van der Waals surface area contributed by atoms with Crippen LogP contribution >= 0.6 is 0 Å². The number of rotatable bonds is 4. The summed E-state index contributed by atoms with van der Waals surface area (Å²) in [7, 11) is 0. The SMILES string of the molecule is CC(C)OCc1nc2cc(C#N)ccc2n1C(C)C. The number of nitriles is 1. The quantitative estimate of drug-likeness (QED) is 0.843. The smallest absolute Gasteiger partial charge is 0.136 e. The molecular formula is C15H19N3O. The van der Waals surface area contributed by atoms with Gasteiger partial charge in [0.2, 0.25) is 0 Å². The first-order valence-electron chi connectivity index (χ1n) is 6.55. The first-order valence-corrected chi connectivity index (χ1v) is 6.55. The van der Waals surface area contributed by atoms with Gasteiger partial charge in [0.25, 0.3) is 0 Å². The number of nitrogens with zero attached hydrogens (tertiary/aromatic N) is 3. The molecule has 1 aromatic carbocycles. The second-order valence-corrected chi connectivity index (χ2v) is 5.17. The summed E-state index contributed by atoms with van der Waals surface area (Å²) in [5.41, 5.74) is 2.55. The van der Waals surface area contributed by atoms with Gasteiger partial charge in [0.05, 0.1) is 28.8 Å². The largest absolute Gasteiger partial charge is 0.371 e. The van der Waals surface area contributed by atoms with E-state index in [4.69, 9.17) is 10.00 Å². The van der Waals surface area contributed by atoms with E-state index in [0.29, 0.717) is 18.2 Å². The third-order valence-electron chi connectivity index (χ3n) is 2.95. The van der Waals surface area contributed by atoms with Crippen molar-refractivity contribution in [2.24, 2.45) is 0 Å². The average Bonchev–Trinajstić information content (AvgIpc) is 2.73. The zero-order chi connectivity index (χ0) is 14.0. The molecule has 0 aliphatic heterocycles. The van der Waals surface area contributed by atoms with Crippen LogP contribution in [0, 0.1) is 11.3 Å². The summed E-state index contributed by atoms with van der Waals surface area (Å²) in [6, 6.07) is 8.07. The summed E-state index contributed by atoms with van der Waals surface area (Å²) in [5, 5.41) is 8.95. The number of hydrogen-bond acceptors (Lipinski definition) is 3. The van der Waals surface area contributed by atoms with E-state index in [1.807, 2.05) is 32.0 Å². The van der Waals surface area contributed by atoms with Crippen LogP contribution in [0.4, 0.5) is 0 Å². The van der Waals surface area contributed by atoms with Crippen molar-refractivity contribution < 1.29 is 4.74 Å². The molecule has 4 nitrogen and oxygen atoms in total. The van der Waals surface area contributed by atoms with Crippen LogP contribution in [0.3, 0.4) is 0 Å². The van der Waals surface area contributed by atoms with E-state index in [1.54, 1.807) is 0 Å². The minimum absolute atomic E-state index is 0.176. The van der Waals surface area contributed by atoms with Crippen LogP contribution in [0.15, 0.2) is 18.2 Å². The van der Waals surface area contributed by atoms with E-state index in [2.05, 4.69) is 29.5 Å². The maximum atomic E-state index is 8.95. The van der Waals surface area contributed by atoms with E-state index in [0.717, 1.165) is 16.9 Å². The molecule has 2 aromatic rings. The summed E-state index contributed by atoms with van der Waals surface area (Å²) in [4.78, 5) is 4.60. The molecular weight excluding hydrogens is 238 g/mol. The number of fused-ring (bicyclic) bond motifs is 1. The number of benzene rings is 1. The van der Waals surface area contributed by atoms with E-state index >= 15 is 0 Å². The molecule has 2 rings (SSSR count). The number of ether oxygens (including phenoxy) is 1. The standard InChI is InChI=1S/C15H19N3O/c1-10(2)18-14-6-5-12(8-16)7-13(14)17-15(18)9-19-11(3)4/h5-7,10-11H,9H2,1-4H3. The highest BCUT2D eigenvalue weighted by Crippen LogP contribution is 2.22. The van der Waals surface area contributed by atoms with Crippen molar-refractivity contribution in [1.29, 1.82) is 5.26 Å². The highest BCUT2D eigenvalue weighted by atomic mass is 16.5. The van der Waals surface area contributed by atoms with Crippen molar-refractivity contribution in [2.45, 2.75) is 46.4 Å². The molecule has 1 heterocycles. The molecule has 0 radical (unpaired) electrons. The molecule has 0 N–H and O–H groups in total. The van der Waals surface area contributed by atoms with Crippen LogP contribution in [0.5, 0.6) is 0 Å². The van der Waals surface area contributed by atoms with Crippen molar-refractivity contribution >= 4 is 11.0 Å². The minimum Gasteiger partial charge on any atom is -0.371 e. The molecule has 4 heteroatoms. The lowest BCUT2D eigenvalue weighted by Crippen LogP contribution is -2.10. The highest BCUT2D eigenvalue weighted by molar-refractivity contribution is 5.77. The molecule has 0 fully saturated rings. The van der Waals surface area contributed by atoms with Gasteiger partial charge >= 0.3 is 0 Å². The third-order valence-corrected chi connectivity index (χ3v) is 2.95. The van der Waals surface area contributed by atoms with Crippen molar-refractivity contribution in [3.05, 3.63) is 29.6 Å². The summed E-state index contributed by atoms with van der Waals surface area (Å²) in [6.45, 7) is 8.76. The van der Waals surface area contributed by atoms with Gasteiger partial charge in [0.15, 0.2) is 0 Å². The Morgan fingerprint density at radius 2 is 2.05 bits per heavy atom. The van der Waals surface area contributed by atoms with Crippen LogP contribution in [-0.2, 0) is 11.3 Å². The molecule has 0 saturated heterocycles. The second kappa shape index (κ2) is 5.41. The Balaban J connectivity index is 2.50. The molecule has 19 heavy (non-hydrogen) atoms. The monoisotopic (exact) mass is 257 g/mol. The van der Waals surface area contributed by atoms with Gasteiger partial charge in [0.1, 0.15) is 12.4 Å². The number of aromatic nitrogens is 2. The molecule has 0 atom stereocenters. The fraction of sp³-hybridized carbons (Fsp3) is 0.467. The Kier molecular flexibility index (Phi) is 3.87. The average molecular weight is 257 g/mol. The number of imidazole rings is 1. The van der Waals surface area contributed by atoms with Gasteiger partial charge in [-0.3, -0.25) is 0 Å². The van der Waals surface area contributed by atoms with Crippen LogP contribution < -0.4 is 0 Å². The van der Waals surface area contributed by atoms with Gasteiger partial charge in [-0.05, 0) is 45.9 Å². The van der Waals surface area contributed by atoms with Crippen molar-refractivity contribution in [1.82, 2.24) is 9.55 Å². The van der Waals surface area contributed by atoms with Crippen LogP contribution in [-0.4, -0.2) is 15.7 Å². The van der Waals surface area contributed by atoms with Crippen LogP contribution in [0.25, 0.3) is 11.0 Å². The number of hydrogen-bond donors (Lipinski definition) is 0. The molecule has 0 aliphatic carbocycles. The van der Waals surface area contributed by atoms with Crippen molar-refractivity contribution in [3.63, 3.8) is 0 Å². The molecule has 0 unspecified atom stereocenters. The molecule has 0 saturated carbocycles. The van der Waals surface area contributed by atoms with Crippen molar-refractivity contribution in [2.75, 3.05) is 0 Å². The van der Waals surface area contributed by atoms with E-state index in [9.17, 15) is 0 Å². The first kappa shape index (κ1) is 13.6. The van der Waals surface area contributed by atoms with E-state index in [1.165, 1.54) is 0 Å². The molecule has 100 valence electrons. The molecule has 0 spiro atoms. The Labute approximate surface area is 113 Å². The van der Waals surface area contributed by atoms with Gasteiger partial charge in [0, 0.05) is 6.04 Å². The maximum Gasteiger partial charge on any atom is 0.136 e. The van der Waals surface area contributed by atoms with Crippen LogP contribution in [0.2, 0.25) is 0 Å². The third kappa shape index (κ3) is 2.77. The lowest BCUT2D eigenvalue weighted by atomic mass is 10.2. The summed E-state index contributed by atoms with van der Waals surface area (Å²) >= 11 is 0. The zero-order valence-corrected chi connectivity index (χ0v) is 11.8. The predicted molar refractivity (Wildman–Crippen MR) is 74.8 cm³/mol. The first-order chi connectivity index (χ1) is 9.02. The predicted octanol–water partition coefficient (Wildman–Crippen LogP) is 3.41. The molecule has 0 bridgehead atoms. The van der Waals surface area contributed by atoms with Gasteiger partial charge in [-0.1, -0.05) is 0 Å². The Morgan fingerprint density at radius 1 is 1.32 bits per heavy atom. The van der Waals surface area contributed by atoms with E-state index < -0.39 is 0 Å². The summed E-state index contributed by atoms with van der Waals surface area (Å²) in [6.07, 6.45) is 0.176.